The molecular weight excluding hydrogens is 518 g/mol. The average Bonchev–Trinajstić information content (AvgIpc) is 3.37. The van der Waals surface area contributed by atoms with Crippen LogP contribution in [0.4, 0.5) is 10.5 Å². The van der Waals surface area contributed by atoms with Gasteiger partial charge in [-0.3, -0.25) is 0 Å². The smallest absolute Gasteiger partial charge is 0.335 e. The highest BCUT2D eigenvalue weighted by molar-refractivity contribution is 7.17. The topological polar surface area (TPSA) is 81.7 Å². The van der Waals surface area contributed by atoms with E-state index in [0.29, 0.717) is 24.7 Å². The van der Waals surface area contributed by atoms with E-state index in [-0.39, 0.29) is 36.0 Å². The van der Waals surface area contributed by atoms with Gasteiger partial charge < -0.3 is 20.6 Å². The monoisotopic (exact) mass is 549 g/mol. The number of hydrogen-bond acceptors (Lipinski definition) is 4. The molecule has 3 atom stereocenters. The maximum Gasteiger partial charge on any atom is 0.335 e. The zero-order valence-corrected chi connectivity index (χ0v) is 22.8. The molecule has 1 aliphatic rings. The Kier molecular flexibility index (Phi) is 9.05. The Morgan fingerprint density at radius 2 is 1.74 bits per heavy atom. The predicted octanol–water partition coefficient (Wildman–Crippen LogP) is 7.01. The molecule has 0 spiro atoms. The molecule has 2 unspecified atom stereocenters. The summed E-state index contributed by atoms with van der Waals surface area (Å²) in [4.78, 5) is 26.1. The van der Waals surface area contributed by atoms with Crippen LogP contribution in [0.25, 0.3) is 10.1 Å². The SMILES string of the molecule is C[C@@H](NCC1CCN(C(=O)Nc2ccc(C(=O)O)cc2)CC1c1ccccc1)c1csc2ccccc12.Cl. The van der Waals surface area contributed by atoms with Crippen molar-refractivity contribution in [2.75, 3.05) is 25.0 Å². The second kappa shape index (κ2) is 12.4. The largest absolute Gasteiger partial charge is 0.478 e. The van der Waals surface area contributed by atoms with Gasteiger partial charge in [-0.2, -0.15) is 0 Å². The molecule has 8 heteroatoms. The van der Waals surface area contributed by atoms with Crippen molar-refractivity contribution < 1.29 is 14.7 Å². The van der Waals surface area contributed by atoms with E-state index in [4.69, 9.17) is 5.11 Å². The third-order valence-corrected chi connectivity index (χ3v) is 8.30. The number of carboxylic acid groups (broad SMARTS) is 1. The first-order valence-corrected chi connectivity index (χ1v) is 13.5. The Morgan fingerprint density at radius 3 is 2.47 bits per heavy atom. The van der Waals surface area contributed by atoms with Crippen LogP contribution in [0.15, 0.2) is 84.2 Å². The molecular formula is C30H32ClN3O3S. The fourth-order valence-electron chi connectivity index (χ4n) is 5.18. The number of urea groups is 1. The van der Waals surface area contributed by atoms with Crippen LogP contribution in [-0.2, 0) is 0 Å². The number of benzene rings is 3. The number of fused-ring (bicyclic) bond motifs is 1. The number of anilines is 1. The summed E-state index contributed by atoms with van der Waals surface area (Å²) in [6.07, 6.45) is 0.898. The van der Waals surface area contributed by atoms with Crippen molar-refractivity contribution in [3.63, 3.8) is 0 Å². The van der Waals surface area contributed by atoms with Gasteiger partial charge in [-0.15, -0.1) is 23.7 Å². The number of halogens is 1. The molecule has 3 N–H and O–H groups in total. The molecule has 0 radical (unpaired) electrons. The lowest BCUT2D eigenvalue weighted by atomic mass is 9.80. The molecule has 5 rings (SSSR count). The summed E-state index contributed by atoms with van der Waals surface area (Å²) in [5.41, 5.74) is 3.36. The van der Waals surface area contributed by atoms with Crippen molar-refractivity contribution in [1.29, 1.82) is 0 Å². The Hall–Kier alpha value is -3.39. The number of piperidine rings is 1. The molecule has 3 aromatic carbocycles. The van der Waals surface area contributed by atoms with Crippen LogP contribution in [0, 0.1) is 5.92 Å². The Bertz CT molecular complexity index is 1380. The molecule has 38 heavy (non-hydrogen) atoms. The van der Waals surface area contributed by atoms with Crippen molar-refractivity contribution in [3.8, 4) is 0 Å². The highest BCUT2D eigenvalue weighted by atomic mass is 35.5. The molecule has 1 aromatic heterocycles. The molecule has 2 amide bonds. The van der Waals surface area contributed by atoms with E-state index in [0.717, 1.165) is 13.0 Å². The van der Waals surface area contributed by atoms with Crippen LogP contribution in [-0.4, -0.2) is 41.6 Å². The van der Waals surface area contributed by atoms with Gasteiger partial charge in [0.15, 0.2) is 0 Å². The van der Waals surface area contributed by atoms with Gasteiger partial charge in [0.1, 0.15) is 0 Å². The summed E-state index contributed by atoms with van der Waals surface area (Å²) >= 11 is 1.79. The summed E-state index contributed by atoms with van der Waals surface area (Å²) in [6, 6.07) is 25.3. The minimum Gasteiger partial charge on any atom is -0.478 e. The maximum absolute atomic E-state index is 13.1. The van der Waals surface area contributed by atoms with Crippen molar-refractivity contribution in [3.05, 3.63) is 101 Å². The van der Waals surface area contributed by atoms with Crippen LogP contribution in [0.3, 0.4) is 0 Å². The minimum absolute atomic E-state index is 0. The van der Waals surface area contributed by atoms with E-state index in [1.54, 1.807) is 23.5 Å². The number of carbonyl (C=O) groups excluding carboxylic acids is 1. The van der Waals surface area contributed by atoms with Gasteiger partial charge in [0.2, 0.25) is 0 Å². The Labute approximate surface area is 233 Å². The lowest BCUT2D eigenvalue weighted by Gasteiger charge is -2.39. The van der Waals surface area contributed by atoms with Gasteiger partial charge in [-0.25, -0.2) is 9.59 Å². The molecule has 2 heterocycles. The summed E-state index contributed by atoms with van der Waals surface area (Å²) in [5, 5.41) is 19.4. The molecule has 198 valence electrons. The number of nitrogens with zero attached hydrogens (tertiary/aromatic N) is 1. The van der Waals surface area contributed by atoms with Crippen LogP contribution in [0.5, 0.6) is 0 Å². The van der Waals surface area contributed by atoms with Crippen LogP contribution >= 0.6 is 23.7 Å². The highest BCUT2D eigenvalue weighted by Gasteiger charge is 2.32. The van der Waals surface area contributed by atoms with Gasteiger partial charge in [-0.05, 0) is 78.0 Å². The third-order valence-electron chi connectivity index (χ3n) is 7.32. The zero-order valence-electron chi connectivity index (χ0n) is 21.2. The normalized spacial score (nSPS) is 18.0. The summed E-state index contributed by atoms with van der Waals surface area (Å²) in [6.45, 7) is 4.40. The van der Waals surface area contributed by atoms with Crippen LogP contribution in [0.1, 0.15) is 46.8 Å². The average molecular weight is 550 g/mol. The van der Waals surface area contributed by atoms with E-state index in [1.807, 2.05) is 11.0 Å². The van der Waals surface area contributed by atoms with Gasteiger partial charge in [0.05, 0.1) is 5.56 Å². The van der Waals surface area contributed by atoms with Crippen LogP contribution in [0.2, 0.25) is 0 Å². The van der Waals surface area contributed by atoms with Gasteiger partial charge >= 0.3 is 12.0 Å². The summed E-state index contributed by atoms with van der Waals surface area (Å²) in [7, 11) is 0. The lowest BCUT2D eigenvalue weighted by Crippen LogP contribution is -2.47. The quantitative estimate of drug-likeness (QED) is 0.231. The van der Waals surface area contributed by atoms with Crippen LogP contribution < -0.4 is 10.6 Å². The molecule has 4 aromatic rings. The number of amides is 2. The second-order valence-electron chi connectivity index (χ2n) is 9.64. The molecule has 0 aliphatic carbocycles. The number of hydrogen-bond donors (Lipinski definition) is 3. The number of carbonyl (C=O) groups is 2. The fourth-order valence-corrected chi connectivity index (χ4v) is 6.23. The van der Waals surface area contributed by atoms with E-state index in [1.165, 1.54) is 33.3 Å². The van der Waals surface area contributed by atoms with E-state index < -0.39 is 5.97 Å². The molecule has 1 saturated heterocycles. The number of thiophene rings is 1. The second-order valence-corrected chi connectivity index (χ2v) is 10.6. The van der Waals surface area contributed by atoms with E-state index in [9.17, 15) is 9.59 Å². The van der Waals surface area contributed by atoms with Gasteiger partial charge in [0, 0.05) is 35.4 Å². The minimum atomic E-state index is -0.985. The summed E-state index contributed by atoms with van der Waals surface area (Å²) in [5.74, 6) is -0.372. The predicted molar refractivity (Wildman–Crippen MR) is 157 cm³/mol. The Balaban J connectivity index is 0.00000336. The first-order chi connectivity index (χ1) is 18.0. The molecule has 0 bridgehead atoms. The first kappa shape index (κ1) is 27.6. The molecule has 6 nitrogen and oxygen atoms in total. The zero-order chi connectivity index (χ0) is 25.8. The van der Waals surface area contributed by atoms with Crippen molar-refractivity contribution in [2.24, 2.45) is 5.92 Å². The highest BCUT2D eigenvalue weighted by Crippen LogP contribution is 2.34. The van der Waals surface area contributed by atoms with Gasteiger partial charge in [-0.1, -0.05) is 48.5 Å². The molecule has 1 fully saturated rings. The van der Waals surface area contributed by atoms with Crippen molar-refractivity contribution in [2.45, 2.75) is 25.3 Å². The lowest BCUT2D eigenvalue weighted by molar-refractivity contribution is 0.0697. The number of carboxylic acids is 1. The van der Waals surface area contributed by atoms with E-state index >= 15 is 0 Å². The third kappa shape index (κ3) is 6.18. The molecule has 0 saturated carbocycles. The number of likely N-dealkylation sites (tertiary alicyclic amines) is 1. The number of rotatable bonds is 7. The van der Waals surface area contributed by atoms with Crippen molar-refractivity contribution >= 4 is 51.5 Å². The van der Waals surface area contributed by atoms with Gasteiger partial charge in [0.25, 0.3) is 0 Å². The summed E-state index contributed by atoms with van der Waals surface area (Å²) < 4.78 is 1.31. The maximum atomic E-state index is 13.1. The standard InChI is InChI=1S/C30H31N3O3S.ClH/c1-20(27-19-37-28-10-6-5-9-25(27)28)31-17-23-15-16-33(18-26(23)21-7-3-2-4-8-21)30(36)32-24-13-11-22(12-14-24)29(34)35;/h2-14,19-20,23,26,31H,15-18H2,1H3,(H,32,36)(H,34,35);1H/t20-,23?,26?;/m1./s1. The first-order valence-electron chi connectivity index (χ1n) is 12.6. The number of aromatic carboxylic acids is 1. The van der Waals surface area contributed by atoms with E-state index in [2.05, 4.69) is 71.5 Å². The fraction of sp³-hybridized carbons (Fsp3) is 0.267. The Morgan fingerprint density at radius 1 is 1.03 bits per heavy atom. The van der Waals surface area contributed by atoms with Crippen molar-refractivity contribution in [1.82, 2.24) is 10.2 Å². The number of nitrogens with one attached hydrogen (secondary N) is 2. The molecule has 1 aliphatic heterocycles.